The monoisotopic (exact) mass is 380 g/mol. The molecule has 2 aromatic rings. The normalized spacial score (nSPS) is 15.9. The maximum atomic E-state index is 12.5. The van der Waals surface area contributed by atoms with Gasteiger partial charge in [-0.3, -0.25) is 4.79 Å². The summed E-state index contributed by atoms with van der Waals surface area (Å²) in [6.45, 7) is 9.22. The van der Waals surface area contributed by atoms with E-state index < -0.39 is 0 Å². The van der Waals surface area contributed by atoms with Crippen LogP contribution in [0, 0.1) is 12.8 Å². The molecule has 0 bridgehead atoms. The molecule has 1 saturated heterocycles. The number of hydrogen-bond donors (Lipinski definition) is 0. The van der Waals surface area contributed by atoms with Crippen LogP contribution in [-0.2, 0) is 11.2 Å². The first-order valence-electron chi connectivity index (χ1n) is 10.4. The molecule has 1 aromatic carbocycles. The Balaban J connectivity index is 1.42. The van der Waals surface area contributed by atoms with Crippen LogP contribution in [0.25, 0.3) is 6.08 Å². The first-order chi connectivity index (χ1) is 13.7. The minimum Gasteiger partial charge on any atom is -0.465 e. The second-order valence-corrected chi connectivity index (χ2v) is 7.69. The van der Waals surface area contributed by atoms with Gasteiger partial charge in [0.25, 0.3) is 0 Å². The van der Waals surface area contributed by atoms with Gasteiger partial charge in [-0.25, -0.2) is 0 Å². The van der Waals surface area contributed by atoms with E-state index in [9.17, 15) is 4.79 Å². The Labute approximate surface area is 168 Å². The molecule has 1 aliphatic rings. The van der Waals surface area contributed by atoms with Crippen molar-refractivity contribution in [2.45, 2.75) is 33.1 Å². The van der Waals surface area contributed by atoms with Gasteiger partial charge < -0.3 is 14.2 Å². The summed E-state index contributed by atoms with van der Waals surface area (Å²) >= 11 is 0. The molecular formula is C24H32N2O2. The number of amides is 1. The molecule has 0 N–H and O–H groups in total. The molecule has 150 valence electrons. The molecule has 1 amide bonds. The zero-order valence-corrected chi connectivity index (χ0v) is 17.1. The highest BCUT2D eigenvalue weighted by molar-refractivity contribution is 5.91. The number of benzene rings is 1. The number of nitrogens with zero attached hydrogens (tertiary/aromatic N) is 2. The van der Waals surface area contributed by atoms with Gasteiger partial charge in [-0.15, -0.1) is 0 Å². The topological polar surface area (TPSA) is 36.7 Å². The summed E-state index contributed by atoms with van der Waals surface area (Å²) in [5, 5.41) is 0. The lowest BCUT2D eigenvalue weighted by Crippen LogP contribution is -2.41. The number of likely N-dealkylation sites (N-methyl/N-ethyl adjacent to an activating group) is 1. The summed E-state index contributed by atoms with van der Waals surface area (Å²) < 4.78 is 5.26. The van der Waals surface area contributed by atoms with Crippen LogP contribution in [0.4, 0.5) is 0 Å². The van der Waals surface area contributed by atoms with Gasteiger partial charge in [0, 0.05) is 25.7 Å². The molecule has 0 aliphatic carbocycles. The molecule has 0 unspecified atom stereocenters. The number of likely N-dealkylation sites (tertiary alicyclic amines) is 1. The van der Waals surface area contributed by atoms with Gasteiger partial charge in [0.2, 0.25) is 5.91 Å². The molecular weight excluding hydrogens is 348 g/mol. The van der Waals surface area contributed by atoms with Crippen LogP contribution < -0.4 is 0 Å². The Morgan fingerprint density at radius 1 is 1.21 bits per heavy atom. The molecule has 28 heavy (non-hydrogen) atoms. The van der Waals surface area contributed by atoms with E-state index >= 15 is 0 Å². The molecule has 2 heterocycles. The highest BCUT2D eigenvalue weighted by Crippen LogP contribution is 2.19. The van der Waals surface area contributed by atoms with Crippen molar-refractivity contribution < 1.29 is 9.21 Å². The van der Waals surface area contributed by atoms with Crippen molar-refractivity contribution in [2.24, 2.45) is 5.92 Å². The standard InChI is InChI=1S/C24H32N2O2/c1-3-26(24(27)11-10-23-9-6-18-28-23)19-21-12-15-25(16-13-21)17-14-22-8-5-4-7-20(22)2/h4-11,18,21H,3,12-17,19H2,1-2H3/b11-10+. The predicted molar refractivity (Wildman–Crippen MR) is 114 cm³/mol. The van der Waals surface area contributed by atoms with E-state index in [-0.39, 0.29) is 5.91 Å². The molecule has 1 fully saturated rings. The summed E-state index contributed by atoms with van der Waals surface area (Å²) in [4.78, 5) is 17.0. The molecule has 1 aromatic heterocycles. The van der Waals surface area contributed by atoms with E-state index in [2.05, 4.69) is 43.0 Å². The first-order valence-corrected chi connectivity index (χ1v) is 10.4. The Hall–Kier alpha value is -2.33. The Morgan fingerprint density at radius 2 is 2.00 bits per heavy atom. The Kier molecular flexibility index (Phi) is 7.49. The van der Waals surface area contributed by atoms with Gasteiger partial charge in [-0.1, -0.05) is 24.3 Å². The minimum atomic E-state index is 0.0703. The number of rotatable bonds is 8. The number of furan rings is 1. The average Bonchev–Trinajstić information content (AvgIpc) is 3.24. The van der Waals surface area contributed by atoms with Crippen LogP contribution in [0.1, 0.15) is 36.7 Å². The van der Waals surface area contributed by atoms with Crippen LogP contribution >= 0.6 is 0 Å². The minimum absolute atomic E-state index is 0.0703. The quantitative estimate of drug-likeness (QED) is 0.637. The van der Waals surface area contributed by atoms with E-state index in [1.807, 2.05) is 17.0 Å². The van der Waals surface area contributed by atoms with Gasteiger partial charge in [0.1, 0.15) is 5.76 Å². The maximum Gasteiger partial charge on any atom is 0.246 e. The van der Waals surface area contributed by atoms with Gasteiger partial charge in [-0.05, 0) is 81.5 Å². The number of carbonyl (C=O) groups is 1. The van der Waals surface area contributed by atoms with Crippen molar-refractivity contribution in [3.63, 3.8) is 0 Å². The molecule has 0 saturated carbocycles. The van der Waals surface area contributed by atoms with E-state index in [0.29, 0.717) is 11.7 Å². The third-order valence-electron chi connectivity index (χ3n) is 5.77. The molecule has 4 nitrogen and oxygen atoms in total. The van der Waals surface area contributed by atoms with Crippen molar-refractivity contribution in [2.75, 3.05) is 32.7 Å². The van der Waals surface area contributed by atoms with Crippen LogP contribution in [-0.4, -0.2) is 48.4 Å². The molecule has 0 spiro atoms. The van der Waals surface area contributed by atoms with E-state index in [4.69, 9.17) is 4.42 Å². The average molecular weight is 381 g/mol. The number of aryl methyl sites for hydroxylation is 1. The lowest BCUT2D eigenvalue weighted by atomic mass is 9.95. The van der Waals surface area contributed by atoms with Crippen molar-refractivity contribution in [1.29, 1.82) is 0 Å². The summed E-state index contributed by atoms with van der Waals surface area (Å²) in [7, 11) is 0. The number of hydrogen-bond acceptors (Lipinski definition) is 3. The molecule has 0 radical (unpaired) electrons. The summed E-state index contributed by atoms with van der Waals surface area (Å²) in [6.07, 6.45) is 8.45. The van der Waals surface area contributed by atoms with Gasteiger partial charge in [0.05, 0.1) is 6.26 Å². The maximum absolute atomic E-state index is 12.5. The van der Waals surface area contributed by atoms with E-state index in [1.54, 1.807) is 18.4 Å². The van der Waals surface area contributed by atoms with Crippen LogP contribution in [0.3, 0.4) is 0 Å². The molecule has 4 heteroatoms. The number of carbonyl (C=O) groups excluding carboxylic acids is 1. The lowest BCUT2D eigenvalue weighted by molar-refractivity contribution is -0.126. The summed E-state index contributed by atoms with van der Waals surface area (Å²) in [6, 6.07) is 12.4. The highest BCUT2D eigenvalue weighted by atomic mass is 16.3. The first kappa shape index (κ1) is 20.4. The molecule has 3 rings (SSSR count). The molecule has 0 atom stereocenters. The fourth-order valence-electron chi connectivity index (χ4n) is 3.89. The van der Waals surface area contributed by atoms with Crippen molar-refractivity contribution in [1.82, 2.24) is 9.80 Å². The van der Waals surface area contributed by atoms with Crippen LogP contribution in [0.2, 0.25) is 0 Å². The third-order valence-corrected chi connectivity index (χ3v) is 5.77. The SMILES string of the molecule is CCN(CC1CCN(CCc2ccccc2C)CC1)C(=O)/C=C/c1ccco1. The van der Waals surface area contributed by atoms with Gasteiger partial charge in [-0.2, -0.15) is 0 Å². The highest BCUT2D eigenvalue weighted by Gasteiger charge is 2.22. The van der Waals surface area contributed by atoms with Crippen molar-refractivity contribution in [3.8, 4) is 0 Å². The van der Waals surface area contributed by atoms with E-state index in [1.165, 1.54) is 24.0 Å². The number of piperidine rings is 1. The zero-order chi connectivity index (χ0) is 19.8. The summed E-state index contributed by atoms with van der Waals surface area (Å²) in [5.74, 6) is 1.38. The van der Waals surface area contributed by atoms with Crippen LogP contribution in [0.5, 0.6) is 0 Å². The Morgan fingerprint density at radius 3 is 2.68 bits per heavy atom. The second-order valence-electron chi connectivity index (χ2n) is 7.69. The van der Waals surface area contributed by atoms with Crippen LogP contribution in [0.15, 0.2) is 53.2 Å². The van der Waals surface area contributed by atoms with Gasteiger partial charge >= 0.3 is 0 Å². The third kappa shape index (κ3) is 5.83. The zero-order valence-electron chi connectivity index (χ0n) is 17.1. The lowest BCUT2D eigenvalue weighted by Gasteiger charge is -2.34. The van der Waals surface area contributed by atoms with Gasteiger partial charge in [0.15, 0.2) is 0 Å². The second kappa shape index (κ2) is 10.3. The largest absolute Gasteiger partial charge is 0.465 e. The fraction of sp³-hybridized carbons (Fsp3) is 0.458. The van der Waals surface area contributed by atoms with Crippen molar-refractivity contribution in [3.05, 3.63) is 65.6 Å². The van der Waals surface area contributed by atoms with Crippen molar-refractivity contribution >= 4 is 12.0 Å². The van der Waals surface area contributed by atoms with E-state index in [0.717, 1.165) is 39.1 Å². The molecule has 1 aliphatic heterocycles. The summed E-state index contributed by atoms with van der Waals surface area (Å²) in [5.41, 5.74) is 2.84. The fourth-order valence-corrected chi connectivity index (χ4v) is 3.89. The Bertz CT molecular complexity index is 759. The predicted octanol–water partition coefficient (Wildman–Crippen LogP) is 4.40. The smallest absolute Gasteiger partial charge is 0.246 e.